The fraction of sp³-hybridized carbons (Fsp3) is 0.600. The molecule has 4 rings (SSSR count). The Morgan fingerprint density at radius 1 is 1.22 bits per heavy atom. The van der Waals surface area contributed by atoms with Crippen molar-refractivity contribution in [3.8, 4) is 0 Å². The number of para-hydroxylation sites is 1. The molecule has 146 valence electrons. The molecule has 0 aliphatic carbocycles. The SMILES string of the molecule is CCOC(=O)N1CCC(N2CCC3(CC2)OC(=O)Nc2ccccc23)CC1. The predicted molar refractivity (Wildman–Crippen MR) is 101 cm³/mol. The molecule has 27 heavy (non-hydrogen) atoms. The number of rotatable bonds is 2. The Balaban J connectivity index is 1.38. The van der Waals surface area contributed by atoms with E-state index in [2.05, 4.69) is 16.3 Å². The second-order valence-corrected chi connectivity index (χ2v) is 7.51. The molecule has 1 spiro atoms. The van der Waals surface area contributed by atoms with E-state index in [9.17, 15) is 9.59 Å². The third kappa shape index (κ3) is 3.48. The van der Waals surface area contributed by atoms with Crippen LogP contribution >= 0.6 is 0 Å². The summed E-state index contributed by atoms with van der Waals surface area (Å²) >= 11 is 0. The molecule has 0 aromatic heterocycles. The fourth-order valence-electron chi connectivity index (χ4n) is 4.61. The number of ether oxygens (including phenoxy) is 2. The van der Waals surface area contributed by atoms with Crippen LogP contribution in [0.1, 0.15) is 38.2 Å². The lowest BCUT2D eigenvalue weighted by molar-refractivity contribution is -0.0504. The molecule has 2 saturated heterocycles. The Morgan fingerprint density at radius 3 is 2.63 bits per heavy atom. The van der Waals surface area contributed by atoms with Gasteiger partial charge in [0.15, 0.2) is 0 Å². The first-order valence-corrected chi connectivity index (χ1v) is 9.86. The zero-order valence-electron chi connectivity index (χ0n) is 15.8. The van der Waals surface area contributed by atoms with Gasteiger partial charge in [0.25, 0.3) is 0 Å². The Hall–Kier alpha value is -2.28. The number of hydrogen-bond donors (Lipinski definition) is 1. The van der Waals surface area contributed by atoms with Gasteiger partial charge in [-0.25, -0.2) is 9.59 Å². The van der Waals surface area contributed by atoms with E-state index < -0.39 is 5.60 Å². The van der Waals surface area contributed by atoms with Gasteiger partial charge in [0.2, 0.25) is 0 Å². The number of likely N-dealkylation sites (tertiary alicyclic amines) is 2. The number of carbonyl (C=O) groups is 2. The minimum Gasteiger partial charge on any atom is -0.450 e. The van der Waals surface area contributed by atoms with Crippen molar-refractivity contribution in [2.45, 2.75) is 44.2 Å². The van der Waals surface area contributed by atoms with Crippen LogP contribution in [0.3, 0.4) is 0 Å². The molecule has 2 fully saturated rings. The van der Waals surface area contributed by atoms with E-state index >= 15 is 0 Å². The van der Waals surface area contributed by atoms with Crippen LogP contribution in [0.5, 0.6) is 0 Å². The van der Waals surface area contributed by atoms with E-state index in [4.69, 9.17) is 9.47 Å². The van der Waals surface area contributed by atoms with Crippen LogP contribution in [0, 0.1) is 0 Å². The standard InChI is InChI=1S/C20H27N3O4/c1-2-26-19(25)23-11-7-15(8-12-23)22-13-9-20(10-14-22)16-5-3-4-6-17(16)21-18(24)27-20/h3-6,15H,2,7-14H2,1H3,(H,21,24). The van der Waals surface area contributed by atoms with Crippen LogP contribution in [0.4, 0.5) is 15.3 Å². The molecular formula is C20H27N3O4. The Kier molecular flexibility index (Phi) is 4.95. The first-order chi connectivity index (χ1) is 13.1. The summed E-state index contributed by atoms with van der Waals surface area (Å²) in [6, 6.07) is 8.40. The van der Waals surface area contributed by atoms with Gasteiger partial charge in [-0.15, -0.1) is 0 Å². The van der Waals surface area contributed by atoms with Crippen LogP contribution < -0.4 is 5.32 Å². The maximum Gasteiger partial charge on any atom is 0.412 e. The van der Waals surface area contributed by atoms with Crippen LogP contribution in [-0.2, 0) is 15.1 Å². The molecule has 0 radical (unpaired) electrons. The van der Waals surface area contributed by atoms with Crippen LogP contribution in [-0.4, -0.2) is 60.8 Å². The van der Waals surface area contributed by atoms with Gasteiger partial charge in [-0.1, -0.05) is 18.2 Å². The third-order valence-corrected chi connectivity index (χ3v) is 6.06. The number of nitrogens with zero attached hydrogens (tertiary/aromatic N) is 2. The van der Waals surface area contributed by atoms with Crippen LogP contribution in [0.15, 0.2) is 24.3 Å². The summed E-state index contributed by atoms with van der Waals surface area (Å²) in [5.41, 5.74) is 1.44. The lowest BCUT2D eigenvalue weighted by Crippen LogP contribution is -2.53. The summed E-state index contributed by atoms with van der Waals surface area (Å²) < 4.78 is 10.9. The summed E-state index contributed by atoms with van der Waals surface area (Å²) in [5.74, 6) is 0. The van der Waals surface area contributed by atoms with Crippen LogP contribution in [0.25, 0.3) is 0 Å². The van der Waals surface area contributed by atoms with Crippen molar-refractivity contribution < 1.29 is 19.1 Å². The molecule has 1 aromatic rings. The van der Waals surface area contributed by atoms with Gasteiger partial charge in [0, 0.05) is 50.6 Å². The molecule has 2 amide bonds. The number of nitrogens with one attached hydrogen (secondary N) is 1. The molecule has 7 heteroatoms. The molecule has 7 nitrogen and oxygen atoms in total. The predicted octanol–water partition coefficient (Wildman–Crippen LogP) is 3.16. The Labute approximate surface area is 159 Å². The van der Waals surface area contributed by atoms with Crippen molar-refractivity contribution in [3.05, 3.63) is 29.8 Å². The summed E-state index contributed by atoms with van der Waals surface area (Å²) in [6.45, 7) is 5.53. The lowest BCUT2D eigenvalue weighted by Gasteiger charge is -2.47. The van der Waals surface area contributed by atoms with E-state index in [1.54, 1.807) is 4.90 Å². The van der Waals surface area contributed by atoms with Crippen molar-refractivity contribution >= 4 is 17.9 Å². The highest BCUT2D eigenvalue weighted by molar-refractivity contribution is 5.88. The highest BCUT2D eigenvalue weighted by Crippen LogP contribution is 2.43. The molecule has 3 aliphatic heterocycles. The number of piperidine rings is 2. The van der Waals surface area contributed by atoms with E-state index in [1.165, 1.54) is 0 Å². The molecular weight excluding hydrogens is 346 g/mol. The average Bonchev–Trinajstić information content (AvgIpc) is 2.69. The zero-order chi connectivity index (χ0) is 18.9. The van der Waals surface area contributed by atoms with E-state index in [-0.39, 0.29) is 12.2 Å². The lowest BCUT2D eigenvalue weighted by atomic mass is 9.81. The van der Waals surface area contributed by atoms with Gasteiger partial charge in [-0.05, 0) is 25.8 Å². The number of anilines is 1. The number of hydrogen-bond acceptors (Lipinski definition) is 5. The van der Waals surface area contributed by atoms with Crippen molar-refractivity contribution in [3.63, 3.8) is 0 Å². The van der Waals surface area contributed by atoms with Gasteiger partial charge < -0.3 is 14.4 Å². The molecule has 3 aliphatic rings. The van der Waals surface area contributed by atoms with E-state index in [0.29, 0.717) is 12.6 Å². The monoisotopic (exact) mass is 373 g/mol. The molecule has 0 saturated carbocycles. The minimum atomic E-state index is -0.513. The number of amides is 2. The average molecular weight is 373 g/mol. The van der Waals surface area contributed by atoms with Gasteiger partial charge in [-0.2, -0.15) is 0 Å². The van der Waals surface area contributed by atoms with Crippen molar-refractivity contribution in [1.82, 2.24) is 9.80 Å². The normalized spacial score (nSPS) is 22.7. The first-order valence-electron chi connectivity index (χ1n) is 9.86. The Morgan fingerprint density at radius 2 is 1.93 bits per heavy atom. The largest absolute Gasteiger partial charge is 0.450 e. The van der Waals surface area contributed by atoms with E-state index in [0.717, 1.165) is 63.1 Å². The minimum absolute atomic E-state index is 0.202. The molecule has 1 N–H and O–H groups in total. The number of carbonyl (C=O) groups excluding carboxylic acids is 2. The van der Waals surface area contributed by atoms with Gasteiger partial charge in [0.1, 0.15) is 5.60 Å². The van der Waals surface area contributed by atoms with Gasteiger partial charge >= 0.3 is 12.2 Å². The van der Waals surface area contributed by atoms with Crippen molar-refractivity contribution in [2.75, 3.05) is 38.1 Å². The second kappa shape index (κ2) is 7.38. The highest BCUT2D eigenvalue weighted by Gasteiger charge is 2.45. The quantitative estimate of drug-likeness (QED) is 0.862. The molecule has 0 bridgehead atoms. The summed E-state index contributed by atoms with van der Waals surface area (Å²) in [7, 11) is 0. The van der Waals surface area contributed by atoms with Crippen molar-refractivity contribution in [2.24, 2.45) is 0 Å². The summed E-state index contributed by atoms with van der Waals surface area (Å²) in [6.07, 6.45) is 2.97. The zero-order valence-corrected chi connectivity index (χ0v) is 15.8. The Bertz CT molecular complexity index is 707. The molecule has 0 atom stereocenters. The summed E-state index contributed by atoms with van der Waals surface area (Å²) in [5, 5.41) is 2.81. The summed E-state index contributed by atoms with van der Waals surface area (Å²) in [4.78, 5) is 28.2. The maximum absolute atomic E-state index is 12.0. The fourth-order valence-corrected chi connectivity index (χ4v) is 4.61. The highest BCUT2D eigenvalue weighted by atomic mass is 16.6. The molecule has 0 unspecified atom stereocenters. The van der Waals surface area contributed by atoms with Gasteiger partial charge in [-0.3, -0.25) is 10.2 Å². The van der Waals surface area contributed by atoms with Crippen molar-refractivity contribution in [1.29, 1.82) is 0 Å². The third-order valence-electron chi connectivity index (χ3n) is 6.06. The number of fused-ring (bicyclic) bond motifs is 2. The first kappa shape index (κ1) is 18.1. The van der Waals surface area contributed by atoms with Crippen LogP contribution in [0.2, 0.25) is 0 Å². The maximum atomic E-state index is 12.0. The number of benzene rings is 1. The van der Waals surface area contributed by atoms with E-state index in [1.807, 2.05) is 25.1 Å². The topological polar surface area (TPSA) is 71.1 Å². The molecule has 1 aromatic carbocycles. The van der Waals surface area contributed by atoms with Gasteiger partial charge in [0.05, 0.1) is 12.3 Å². The smallest absolute Gasteiger partial charge is 0.412 e. The molecule has 3 heterocycles. The second-order valence-electron chi connectivity index (χ2n) is 7.51.